The highest BCUT2D eigenvalue weighted by Crippen LogP contribution is 2.45. The fourth-order valence-electron chi connectivity index (χ4n) is 2.79. The Labute approximate surface area is 129 Å². The molecule has 3 nitrogen and oxygen atoms in total. The van der Waals surface area contributed by atoms with Crippen molar-refractivity contribution in [1.29, 1.82) is 0 Å². The molecule has 0 spiro atoms. The number of nitrogens with zero attached hydrogens (tertiary/aromatic N) is 1. The van der Waals surface area contributed by atoms with E-state index in [0.717, 1.165) is 24.6 Å². The van der Waals surface area contributed by atoms with E-state index in [-0.39, 0.29) is 16.0 Å². The highest BCUT2D eigenvalue weighted by atomic mass is 79.9. The van der Waals surface area contributed by atoms with Crippen LogP contribution in [0, 0.1) is 11.2 Å². The number of benzene rings is 1. The minimum atomic E-state index is -0.612. The van der Waals surface area contributed by atoms with Crippen molar-refractivity contribution in [2.24, 2.45) is 5.41 Å². The van der Waals surface area contributed by atoms with Gasteiger partial charge in [-0.25, -0.2) is 4.39 Å². The lowest BCUT2D eigenvalue weighted by atomic mass is 9.70. The standard InChI is InChI=1S/C14H12BrClFNO2/c15-6-14(2-1-3-14)7-18-11-5-10(17)9(16)4-8(11)12(19)13(18)20/h4-5H,1-3,6-7H2. The van der Waals surface area contributed by atoms with Crippen LogP contribution in [0.1, 0.15) is 29.6 Å². The molecule has 1 aliphatic heterocycles. The normalized spacial score (nSPS) is 20.1. The molecule has 1 fully saturated rings. The van der Waals surface area contributed by atoms with Crippen LogP contribution in [0.15, 0.2) is 12.1 Å². The zero-order valence-electron chi connectivity index (χ0n) is 10.6. The highest BCUT2D eigenvalue weighted by Gasteiger charge is 2.44. The molecule has 1 heterocycles. The summed E-state index contributed by atoms with van der Waals surface area (Å²) >= 11 is 9.16. The number of halogens is 3. The number of hydrogen-bond donors (Lipinski definition) is 0. The van der Waals surface area contributed by atoms with Crippen molar-refractivity contribution in [2.45, 2.75) is 19.3 Å². The SMILES string of the molecule is O=C1C(=O)N(CC2(CBr)CCC2)c2cc(F)c(Cl)cc21. The van der Waals surface area contributed by atoms with Crippen LogP contribution in [0.3, 0.4) is 0 Å². The number of rotatable bonds is 3. The van der Waals surface area contributed by atoms with Gasteiger partial charge in [0.25, 0.3) is 11.7 Å². The first-order valence-corrected chi connectivity index (χ1v) is 7.89. The lowest BCUT2D eigenvalue weighted by Gasteiger charge is -2.43. The third-order valence-electron chi connectivity index (χ3n) is 4.20. The first-order valence-electron chi connectivity index (χ1n) is 6.39. The van der Waals surface area contributed by atoms with Gasteiger partial charge in [-0.3, -0.25) is 9.59 Å². The summed E-state index contributed by atoms with van der Waals surface area (Å²) in [6.07, 6.45) is 3.12. The van der Waals surface area contributed by atoms with Gasteiger partial charge in [0.15, 0.2) is 0 Å². The van der Waals surface area contributed by atoms with Crippen LogP contribution >= 0.6 is 27.5 Å². The molecule has 1 amide bonds. The van der Waals surface area contributed by atoms with Crippen LogP contribution < -0.4 is 4.90 Å². The van der Waals surface area contributed by atoms with E-state index in [2.05, 4.69) is 15.9 Å². The average Bonchev–Trinajstić information content (AvgIpc) is 2.59. The number of carbonyl (C=O) groups excluding carboxylic acids is 2. The Kier molecular flexibility index (Phi) is 3.37. The number of carbonyl (C=O) groups is 2. The zero-order valence-corrected chi connectivity index (χ0v) is 12.9. The highest BCUT2D eigenvalue weighted by molar-refractivity contribution is 9.09. The summed E-state index contributed by atoms with van der Waals surface area (Å²) in [6, 6.07) is 2.43. The number of amides is 1. The van der Waals surface area contributed by atoms with E-state index in [0.29, 0.717) is 12.2 Å². The average molecular weight is 361 g/mol. The molecule has 0 unspecified atom stereocenters. The first kappa shape index (κ1) is 14.0. The summed E-state index contributed by atoms with van der Waals surface area (Å²) in [4.78, 5) is 25.5. The summed E-state index contributed by atoms with van der Waals surface area (Å²) in [5.41, 5.74) is 0.535. The minimum absolute atomic E-state index is 0.00629. The van der Waals surface area contributed by atoms with Crippen molar-refractivity contribution < 1.29 is 14.0 Å². The van der Waals surface area contributed by atoms with Gasteiger partial charge in [-0.2, -0.15) is 0 Å². The van der Waals surface area contributed by atoms with Gasteiger partial charge in [0.05, 0.1) is 16.3 Å². The summed E-state index contributed by atoms with van der Waals surface area (Å²) in [5, 5.41) is 0.634. The van der Waals surface area contributed by atoms with E-state index in [1.165, 1.54) is 17.0 Å². The number of Topliss-reactive ketones (excluding diaryl/α,β-unsaturated/α-hetero) is 1. The number of fused-ring (bicyclic) bond motifs is 1. The fraction of sp³-hybridized carbons (Fsp3) is 0.429. The van der Waals surface area contributed by atoms with Crippen molar-refractivity contribution in [3.63, 3.8) is 0 Å². The molecular formula is C14H12BrClFNO2. The van der Waals surface area contributed by atoms with Crippen LogP contribution in [0.25, 0.3) is 0 Å². The van der Waals surface area contributed by atoms with Gasteiger partial charge in [0, 0.05) is 11.9 Å². The van der Waals surface area contributed by atoms with E-state index in [9.17, 15) is 14.0 Å². The maximum atomic E-state index is 13.6. The summed E-state index contributed by atoms with van der Waals surface area (Å²) in [5.74, 6) is -1.81. The largest absolute Gasteiger partial charge is 0.304 e. The van der Waals surface area contributed by atoms with Gasteiger partial charge < -0.3 is 4.90 Å². The van der Waals surface area contributed by atoms with E-state index < -0.39 is 17.5 Å². The third-order valence-corrected chi connectivity index (χ3v) is 5.68. The quantitative estimate of drug-likeness (QED) is 0.610. The van der Waals surface area contributed by atoms with Crippen molar-refractivity contribution in [2.75, 3.05) is 16.8 Å². The smallest absolute Gasteiger partial charge is 0.299 e. The predicted molar refractivity (Wildman–Crippen MR) is 78.2 cm³/mol. The van der Waals surface area contributed by atoms with Crippen molar-refractivity contribution >= 4 is 44.9 Å². The molecule has 2 aliphatic rings. The Morgan fingerprint density at radius 3 is 2.60 bits per heavy atom. The Hall–Kier alpha value is -0.940. The Morgan fingerprint density at radius 2 is 2.05 bits per heavy atom. The molecule has 1 aliphatic carbocycles. The molecule has 3 rings (SSSR count). The Bertz CT molecular complexity index is 610. The zero-order chi connectivity index (χ0) is 14.5. The van der Waals surface area contributed by atoms with Gasteiger partial charge in [0.2, 0.25) is 0 Å². The molecule has 0 bridgehead atoms. The molecule has 0 N–H and O–H groups in total. The molecular weight excluding hydrogens is 349 g/mol. The number of alkyl halides is 1. The second kappa shape index (κ2) is 4.81. The molecule has 0 radical (unpaired) electrons. The summed E-state index contributed by atoms with van der Waals surface area (Å²) < 4.78 is 13.6. The van der Waals surface area contributed by atoms with Crippen LogP contribution in [0.4, 0.5) is 10.1 Å². The monoisotopic (exact) mass is 359 g/mol. The van der Waals surface area contributed by atoms with E-state index in [1.54, 1.807) is 0 Å². The fourth-order valence-corrected chi connectivity index (χ4v) is 3.69. The summed E-state index contributed by atoms with van der Waals surface area (Å²) in [6.45, 7) is 0.441. The molecule has 106 valence electrons. The van der Waals surface area contributed by atoms with Gasteiger partial charge in [-0.1, -0.05) is 34.0 Å². The lowest BCUT2D eigenvalue weighted by Crippen LogP contribution is -2.45. The van der Waals surface area contributed by atoms with Crippen molar-refractivity contribution in [3.05, 3.63) is 28.5 Å². The van der Waals surface area contributed by atoms with Gasteiger partial charge >= 0.3 is 0 Å². The lowest BCUT2D eigenvalue weighted by molar-refractivity contribution is -0.114. The van der Waals surface area contributed by atoms with Gasteiger partial charge in [-0.05, 0) is 30.4 Å². The summed E-state index contributed by atoms with van der Waals surface area (Å²) in [7, 11) is 0. The Balaban J connectivity index is 2.00. The molecule has 1 aromatic rings. The van der Waals surface area contributed by atoms with Crippen molar-refractivity contribution in [1.82, 2.24) is 0 Å². The molecule has 0 atom stereocenters. The molecule has 0 saturated heterocycles. The number of hydrogen-bond acceptors (Lipinski definition) is 2. The maximum Gasteiger partial charge on any atom is 0.299 e. The van der Waals surface area contributed by atoms with Crippen LogP contribution in [-0.2, 0) is 4.79 Å². The topological polar surface area (TPSA) is 37.4 Å². The molecule has 0 aromatic heterocycles. The molecule has 1 aromatic carbocycles. The Morgan fingerprint density at radius 1 is 1.35 bits per heavy atom. The number of ketones is 1. The molecule has 1 saturated carbocycles. The maximum absolute atomic E-state index is 13.6. The van der Waals surface area contributed by atoms with Gasteiger partial charge in [0.1, 0.15) is 5.82 Å². The second-order valence-corrected chi connectivity index (χ2v) is 6.46. The third kappa shape index (κ3) is 1.99. The predicted octanol–water partition coefficient (Wildman–Crippen LogP) is 3.57. The molecule has 6 heteroatoms. The van der Waals surface area contributed by atoms with E-state index >= 15 is 0 Å². The molecule has 20 heavy (non-hydrogen) atoms. The first-order chi connectivity index (χ1) is 9.47. The van der Waals surface area contributed by atoms with E-state index in [4.69, 9.17) is 11.6 Å². The van der Waals surface area contributed by atoms with Crippen LogP contribution in [0.5, 0.6) is 0 Å². The van der Waals surface area contributed by atoms with Gasteiger partial charge in [-0.15, -0.1) is 0 Å². The van der Waals surface area contributed by atoms with Crippen LogP contribution in [-0.4, -0.2) is 23.6 Å². The second-order valence-electron chi connectivity index (χ2n) is 5.49. The number of anilines is 1. The van der Waals surface area contributed by atoms with E-state index in [1.807, 2.05) is 0 Å². The van der Waals surface area contributed by atoms with Crippen molar-refractivity contribution in [3.8, 4) is 0 Å². The van der Waals surface area contributed by atoms with Crippen LogP contribution in [0.2, 0.25) is 5.02 Å². The minimum Gasteiger partial charge on any atom is -0.304 e.